The van der Waals surface area contributed by atoms with Crippen LogP contribution in [0.1, 0.15) is 30.9 Å². The number of fused-ring (bicyclic) bond motifs is 1. The van der Waals surface area contributed by atoms with Gasteiger partial charge in [-0.2, -0.15) is 0 Å². The summed E-state index contributed by atoms with van der Waals surface area (Å²) in [7, 11) is 0. The van der Waals surface area contributed by atoms with Crippen LogP contribution in [0.25, 0.3) is 0 Å². The maximum absolute atomic E-state index is 12.0. The van der Waals surface area contributed by atoms with Crippen LogP contribution in [0.5, 0.6) is 0 Å². The lowest BCUT2D eigenvalue weighted by Gasteiger charge is -2.24. The van der Waals surface area contributed by atoms with Gasteiger partial charge in [0.15, 0.2) is 0 Å². The first-order valence-corrected chi connectivity index (χ1v) is 7.40. The number of urea groups is 1. The molecule has 0 saturated carbocycles. The number of carbonyl (C=O) groups excluding carboxylic acids is 1. The number of ether oxygens (including phenoxy) is 1. The Hall–Kier alpha value is -1.55. The van der Waals surface area contributed by atoms with Crippen molar-refractivity contribution in [3.05, 3.63) is 35.4 Å². The number of hydrogen-bond acceptors (Lipinski definition) is 2. The number of benzene rings is 1. The normalized spacial score (nSPS) is 25.4. The quantitative estimate of drug-likeness (QED) is 0.886. The van der Waals surface area contributed by atoms with Crippen molar-refractivity contribution in [2.24, 2.45) is 0 Å². The average molecular weight is 274 g/mol. The van der Waals surface area contributed by atoms with Crippen LogP contribution in [0.3, 0.4) is 0 Å². The van der Waals surface area contributed by atoms with E-state index in [9.17, 15) is 4.79 Å². The van der Waals surface area contributed by atoms with Crippen molar-refractivity contribution < 1.29 is 9.53 Å². The molecule has 108 valence electrons. The van der Waals surface area contributed by atoms with Crippen LogP contribution in [0, 0.1) is 0 Å². The second kappa shape index (κ2) is 5.44. The van der Waals surface area contributed by atoms with Crippen LogP contribution in [0.15, 0.2) is 24.3 Å². The summed E-state index contributed by atoms with van der Waals surface area (Å²) in [5.74, 6) is 0. The van der Waals surface area contributed by atoms with Crippen molar-refractivity contribution in [1.29, 1.82) is 0 Å². The Morgan fingerprint density at radius 2 is 2.05 bits per heavy atom. The minimum atomic E-state index is -0.185. The highest BCUT2D eigenvalue weighted by Crippen LogP contribution is 2.24. The number of amides is 2. The molecule has 4 nitrogen and oxygen atoms in total. The third-order valence-corrected chi connectivity index (χ3v) is 4.31. The first kappa shape index (κ1) is 13.4. The molecule has 1 aliphatic heterocycles. The summed E-state index contributed by atoms with van der Waals surface area (Å²) in [6.45, 7) is 3.45. The fraction of sp³-hybridized carbons (Fsp3) is 0.562. The Bertz CT molecular complexity index is 470. The minimum absolute atomic E-state index is 0.0838. The van der Waals surface area contributed by atoms with E-state index < -0.39 is 0 Å². The Kier molecular flexibility index (Phi) is 3.66. The summed E-state index contributed by atoms with van der Waals surface area (Å²) in [6, 6.07) is 8.52. The van der Waals surface area contributed by atoms with Crippen molar-refractivity contribution in [3.63, 3.8) is 0 Å². The van der Waals surface area contributed by atoms with Crippen molar-refractivity contribution in [2.75, 3.05) is 13.2 Å². The molecule has 1 fully saturated rings. The molecule has 0 spiro atoms. The molecule has 4 heteroatoms. The van der Waals surface area contributed by atoms with Gasteiger partial charge in [-0.15, -0.1) is 0 Å². The summed E-state index contributed by atoms with van der Waals surface area (Å²) in [4.78, 5) is 12.0. The molecule has 2 aliphatic rings. The Labute approximate surface area is 119 Å². The molecule has 0 aromatic heterocycles. The third-order valence-electron chi connectivity index (χ3n) is 4.31. The molecule has 1 saturated heterocycles. The number of rotatable bonds is 3. The van der Waals surface area contributed by atoms with Crippen molar-refractivity contribution in [3.8, 4) is 0 Å². The van der Waals surface area contributed by atoms with E-state index in [2.05, 4.69) is 41.8 Å². The van der Waals surface area contributed by atoms with Gasteiger partial charge in [-0.1, -0.05) is 24.3 Å². The van der Waals surface area contributed by atoms with Crippen LogP contribution in [-0.4, -0.2) is 30.8 Å². The second-order valence-electron chi connectivity index (χ2n) is 6.10. The van der Waals surface area contributed by atoms with E-state index in [-0.39, 0.29) is 17.7 Å². The monoisotopic (exact) mass is 274 g/mol. The SMILES string of the molecule is C[C@@]1(CNC(=O)NC2Cc3ccccc3C2)CCCO1. The fourth-order valence-corrected chi connectivity index (χ4v) is 3.14. The first-order chi connectivity index (χ1) is 9.65. The zero-order chi connectivity index (χ0) is 14.0. The van der Waals surface area contributed by atoms with Gasteiger partial charge in [0.1, 0.15) is 0 Å². The summed E-state index contributed by atoms with van der Waals surface area (Å²) >= 11 is 0. The lowest BCUT2D eigenvalue weighted by Crippen LogP contribution is -2.47. The average Bonchev–Trinajstić information content (AvgIpc) is 3.03. The molecular formula is C16H22N2O2. The molecule has 2 amide bonds. The van der Waals surface area contributed by atoms with E-state index in [4.69, 9.17) is 4.74 Å². The van der Waals surface area contributed by atoms with Gasteiger partial charge in [-0.25, -0.2) is 4.79 Å². The highest BCUT2D eigenvalue weighted by Gasteiger charge is 2.30. The van der Waals surface area contributed by atoms with Crippen LogP contribution in [-0.2, 0) is 17.6 Å². The van der Waals surface area contributed by atoms with E-state index in [1.54, 1.807) is 0 Å². The largest absolute Gasteiger partial charge is 0.373 e. The first-order valence-electron chi connectivity index (χ1n) is 7.40. The Morgan fingerprint density at radius 1 is 1.35 bits per heavy atom. The van der Waals surface area contributed by atoms with Gasteiger partial charge in [0.25, 0.3) is 0 Å². The van der Waals surface area contributed by atoms with Crippen LogP contribution in [0.2, 0.25) is 0 Å². The predicted octanol–water partition coefficient (Wildman–Crippen LogP) is 2.02. The molecule has 1 aliphatic carbocycles. The van der Waals surface area contributed by atoms with Gasteiger partial charge >= 0.3 is 6.03 Å². The van der Waals surface area contributed by atoms with E-state index in [0.717, 1.165) is 32.3 Å². The second-order valence-corrected chi connectivity index (χ2v) is 6.10. The number of carbonyl (C=O) groups is 1. The minimum Gasteiger partial charge on any atom is -0.373 e. The summed E-state index contributed by atoms with van der Waals surface area (Å²) < 4.78 is 5.67. The van der Waals surface area contributed by atoms with E-state index in [1.165, 1.54) is 11.1 Å². The lowest BCUT2D eigenvalue weighted by atomic mass is 10.0. The fourth-order valence-electron chi connectivity index (χ4n) is 3.14. The third kappa shape index (κ3) is 2.96. The maximum atomic E-state index is 12.0. The molecule has 3 rings (SSSR count). The van der Waals surface area contributed by atoms with Gasteiger partial charge in [-0.3, -0.25) is 0 Å². The van der Waals surface area contributed by atoms with Gasteiger partial charge in [-0.05, 0) is 43.7 Å². The van der Waals surface area contributed by atoms with E-state index in [1.807, 2.05) is 0 Å². The summed E-state index contributed by atoms with van der Waals surface area (Å²) in [5.41, 5.74) is 2.52. The molecular weight excluding hydrogens is 252 g/mol. The van der Waals surface area contributed by atoms with E-state index in [0.29, 0.717) is 6.54 Å². The number of hydrogen-bond donors (Lipinski definition) is 2. The number of nitrogens with one attached hydrogen (secondary N) is 2. The zero-order valence-electron chi connectivity index (χ0n) is 11.9. The predicted molar refractivity (Wildman–Crippen MR) is 77.8 cm³/mol. The smallest absolute Gasteiger partial charge is 0.315 e. The Morgan fingerprint density at radius 3 is 2.65 bits per heavy atom. The highest BCUT2D eigenvalue weighted by atomic mass is 16.5. The summed E-state index contributed by atoms with van der Waals surface area (Å²) in [5, 5.41) is 6.01. The van der Waals surface area contributed by atoms with Gasteiger partial charge in [0.05, 0.1) is 5.60 Å². The highest BCUT2D eigenvalue weighted by molar-refractivity contribution is 5.74. The molecule has 0 bridgehead atoms. The topological polar surface area (TPSA) is 50.4 Å². The van der Waals surface area contributed by atoms with E-state index >= 15 is 0 Å². The van der Waals surface area contributed by atoms with Gasteiger partial charge in [0.2, 0.25) is 0 Å². The maximum Gasteiger partial charge on any atom is 0.315 e. The Balaban J connectivity index is 1.46. The molecule has 0 radical (unpaired) electrons. The summed E-state index contributed by atoms with van der Waals surface area (Å²) in [6.07, 6.45) is 3.95. The van der Waals surface area contributed by atoms with Crippen molar-refractivity contribution in [1.82, 2.24) is 10.6 Å². The van der Waals surface area contributed by atoms with Crippen molar-refractivity contribution in [2.45, 2.75) is 44.2 Å². The van der Waals surface area contributed by atoms with Crippen LogP contribution in [0.4, 0.5) is 4.79 Å². The van der Waals surface area contributed by atoms with Crippen molar-refractivity contribution >= 4 is 6.03 Å². The molecule has 1 heterocycles. The van der Waals surface area contributed by atoms with Gasteiger partial charge < -0.3 is 15.4 Å². The molecule has 0 unspecified atom stereocenters. The molecule has 1 aromatic carbocycles. The molecule has 2 N–H and O–H groups in total. The van der Waals surface area contributed by atoms with Gasteiger partial charge in [0, 0.05) is 19.2 Å². The molecule has 1 aromatic rings. The van der Waals surface area contributed by atoms with Crippen LogP contribution >= 0.6 is 0 Å². The lowest BCUT2D eigenvalue weighted by molar-refractivity contribution is 0.0228. The molecule has 1 atom stereocenters. The molecule has 20 heavy (non-hydrogen) atoms. The zero-order valence-corrected chi connectivity index (χ0v) is 11.9. The standard InChI is InChI=1S/C16H22N2O2/c1-16(7-4-8-20-16)11-17-15(19)18-14-9-12-5-2-3-6-13(12)10-14/h2-3,5-6,14H,4,7-11H2,1H3,(H2,17,18,19)/t16-/m0/s1. The van der Waals surface area contributed by atoms with Crippen LogP contribution < -0.4 is 10.6 Å².